The number of hydrogen-bond acceptors (Lipinski definition) is 3. The zero-order valence-corrected chi connectivity index (χ0v) is 21.5. The molecule has 1 atom stereocenters. The first-order valence-electron chi connectivity index (χ1n) is 11.7. The molecule has 0 fully saturated rings. The topological polar surface area (TPSA) is 58.6 Å². The van der Waals surface area contributed by atoms with E-state index in [1.54, 1.807) is 11.0 Å². The van der Waals surface area contributed by atoms with Gasteiger partial charge in [0.25, 0.3) is 5.91 Å². The van der Waals surface area contributed by atoms with E-state index in [0.29, 0.717) is 17.2 Å². The molecule has 184 valence electrons. The summed E-state index contributed by atoms with van der Waals surface area (Å²) in [6.45, 7) is 7.69. The lowest BCUT2D eigenvalue weighted by Crippen LogP contribution is -2.55. The van der Waals surface area contributed by atoms with Gasteiger partial charge in [0.1, 0.15) is 11.8 Å². The van der Waals surface area contributed by atoms with E-state index in [0.717, 1.165) is 16.7 Å². The van der Waals surface area contributed by atoms with Gasteiger partial charge in [0, 0.05) is 23.5 Å². The van der Waals surface area contributed by atoms with Gasteiger partial charge in [-0.2, -0.15) is 0 Å². The van der Waals surface area contributed by atoms with Crippen LogP contribution in [0.4, 0.5) is 0 Å². The fourth-order valence-corrected chi connectivity index (χ4v) is 3.95. The van der Waals surface area contributed by atoms with Crippen molar-refractivity contribution in [1.82, 2.24) is 10.2 Å². The maximum atomic E-state index is 13.6. The van der Waals surface area contributed by atoms with Crippen LogP contribution in [0.1, 0.15) is 37.5 Å². The van der Waals surface area contributed by atoms with Crippen molar-refractivity contribution in [3.63, 3.8) is 0 Å². The molecule has 0 saturated carbocycles. The second-order valence-corrected chi connectivity index (χ2v) is 10.0. The van der Waals surface area contributed by atoms with Gasteiger partial charge in [0.2, 0.25) is 5.91 Å². The normalized spacial score (nSPS) is 12.0. The number of amides is 2. The van der Waals surface area contributed by atoms with Crippen molar-refractivity contribution in [3.05, 3.63) is 101 Å². The molecule has 0 bridgehead atoms. The van der Waals surface area contributed by atoms with Crippen molar-refractivity contribution in [1.29, 1.82) is 0 Å². The second-order valence-electron chi connectivity index (χ2n) is 9.61. The van der Waals surface area contributed by atoms with E-state index < -0.39 is 11.6 Å². The maximum absolute atomic E-state index is 13.6. The Hall–Kier alpha value is -3.31. The zero-order chi connectivity index (χ0) is 25.4. The Balaban J connectivity index is 1.95. The minimum Gasteiger partial charge on any atom is -0.484 e. The fourth-order valence-electron chi connectivity index (χ4n) is 3.76. The van der Waals surface area contributed by atoms with Gasteiger partial charge in [-0.25, -0.2) is 0 Å². The number of benzene rings is 3. The lowest BCUT2D eigenvalue weighted by Gasteiger charge is -2.34. The summed E-state index contributed by atoms with van der Waals surface area (Å²) in [5.41, 5.74) is 2.20. The number of aryl methyl sites for hydroxylation is 1. The SMILES string of the molecule is Cc1ccccc1OCC(=O)N(Cc1ccccc1Cl)[C@H](Cc1ccccc1)C(=O)NC(C)(C)C. The van der Waals surface area contributed by atoms with Crippen LogP contribution in [0.2, 0.25) is 5.02 Å². The van der Waals surface area contributed by atoms with Crippen LogP contribution in [0.15, 0.2) is 78.9 Å². The number of carbonyl (C=O) groups is 2. The van der Waals surface area contributed by atoms with E-state index in [4.69, 9.17) is 16.3 Å². The van der Waals surface area contributed by atoms with E-state index >= 15 is 0 Å². The molecule has 0 aliphatic carbocycles. The largest absolute Gasteiger partial charge is 0.484 e. The van der Waals surface area contributed by atoms with Crippen molar-refractivity contribution in [3.8, 4) is 5.75 Å². The Bertz CT molecular complexity index is 1140. The molecule has 0 spiro atoms. The van der Waals surface area contributed by atoms with Crippen molar-refractivity contribution in [2.24, 2.45) is 0 Å². The highest BCUT2D eigenvalue weighted by Gasteiger charge is 2.32. The maximum Gasteiger partial charge on any atom is 0.261 e. The highest BCUT2D eigenvalue weighted by molar-refractivity contribution is 6.31. The van der Waals surface area contributed by atoms with Crippen LogP contribution in [0.25, 0.3) is 0 Å². The number of carbonyl (C=O) groups excluding carboxylic acids is 2. The molecular weight excluding hydrogens is 460 g/mol. The van der Waals surface area contributed by atoms with Crippen LogP contribution in [-0.4, -0.2) is 34.9 Å². The lowest BCUT2D eigenvalue weighted by atomic mass is 10.0. The Labute approximate surface area is 213 Å². The number of rotatable bonds is 9. The molecular formula is C29H33ClN2O3. The average molecular weight is 493 g/mol. The van der Waals surface area contributed by atoms with Gasteiger partial charge < -0.3 is 15.0 Å². The third kappa shape index (κ3) is 7.86. The smallest absolute Gasteiger partial charge is 0.261 e. The second kappa shape index (κ2) is 11.9. The van der Waals surface area contributed by atoms with Crippen molar-refractivity contribution in [2.45, 2.75) is 52.2 Å². The molecule has 3 aromatic carbocycles. The van der Waals surface area contributed by atoms with Crippen LogP contribution < -0.4 is 10.1 Å². The van der Waals surface area contributed by atoms with Gasteiger partial charge in [-0.1, -0.05) is 78.3 Å². The number of nitrogens with zero attached hydrogens (tertiary/aromatic N) is 1. The van der Waals surface area contributed by atoms with Crippen LogP contribution in [-0.2, 0) is 22.6 Å². The van der Waals surface area contributed by atoms with E-state index in [9.17, 15) is 9.59 Å². The number of ether oxygens (including phenoxy) is 1. The van der Waals surface area contributed by atoms with Gasteiger partial charge in [0.05, 0.1) is 0 Å². The highest BCUT2D eigenvalue weighted by Crippen LogP contribution is 2.22. The highest BCUT2D eigenvalue weighted by atomic mass is 35.5. The molecule has 3 rings (SSSR count). The summed E-state index contributed by atoms with van der Waals surface area (Å²) in [6, 6.07) is 23.8. The standard InChI is InChI=1S/C29H33ClN2O3/c1-21-12-8-11-17-26(21)35-20-27(33)32(19-23-15-9-10-16-24(23)30)25(28(34)31-29(2,3)4)18-22-13-6-5-7-14-22/h5-17,25H,18-20H2,1-4H3,(H,31,34)/t25-/m1/s1. The minimum atomic E-state index is -0.749. The Morgan fingerprint density at radius 3 is 2.23 bits per heavy atom. The predicted octanol–water partition coefficient (Wildman–Crippen LogP) is 5.58. The molecule has 3 aromatic rings. The number of halogens is 1. The minimum absolute atomic E-state index is 0.185. The first-order chi connectivity index (χ1) is 16.6. The van der Waals surface area contributed by atoms with Crippen molar-refractivity contribution in [2.75, 3.05) is 6.61 Å². The van der Waals surface area contributed by atoms with E-state index in [1.807, 2.05) is 100 Å². The van der Waals surface area contributed by atoms with Gasteiger partial charge in [0.15, 0.2) is 6.61 Å². The monoisotopic (exact) mass is 492 g/mol. The van der Waals surface area contributed by atoms with Crippen molar-refractivity contribution < 1.29 is 14.3 Å². The summed E-state index contributed by atoms with van der Waals surface area (Å²) in [6.07, 6.45) is 0.364. The average Bonchev–Trinajstić information content (AvgIpc) is 2.81. The van der Waals surface area contributed by atoms with Crippen molar-refractivity contribution >= 4 is 23.4 Å². The quantitative estimate of drug-likeness (QED) is 0.424. The third-order valence-corrected chi connectivity index (χ3v) is 5.88. The van der Waals surface area contributed by atoms with Gasteiger partial charge in [-0.15, -0.1) is 0 Å². The van der Waals surface area contributed by atoms with E-state index in [-0.39, 0.29) is 25.0 Å². The Morgan fingerprint density at radius 1 is 0.943 bits per heavy atom. The third-order valence-electron chi connectivity index (χ3n) is 5.51. The summed E-state index contributed by atoms with van der Waals surface area (Å²) in [4.78, 5) is 28.7. The number of para-hydroxylation sites is 1. The Kier molecular flexibility index (Phi) is 8.94. The Morgan fingerprint density at radius 2 is 1.57 bits per heavy atom. The lowest BCUT2D eigenvalue weighted by molar-refractivity contribution is -0.143. The zero-order valence-electron chi connectivity index (χ0n) is 20.8. The summed E-state index contributed by atoms with van der Waals surface area (Å²) < 4.78 is 5.87. The molecule has 0 saturated heterocycles. The fraction of sp³-hybridized carbons (Fsp3) is 0.310. The van der Waals surface area contributed by atoms with E-state index in [2.05, 4.69) is 5.32 Å². The molecule has 0 heterocycles. The first kappa shape index (κ1) is 26.3. The molecule has 35 heavy (non-hydrogen) atoms. The van der Waals surface area contributed by atoms with Gasteiger partial charge in [-0.05, 0) is 56.5 Å². The molecule has 0 aliphatic rings. The van der Waals surface area contributed by atoms with E-state index in [1.165, 1.54) is 0 Å². The molecule has 1 N–H and O–H groups in total. The summed E-state index contributed by atoms with van der Waals surface area (Å²) in [5.74, 6) is 0.119. The van der Waals surface area contributed by atoms with Gasteiger partial charge >= 0.3 is 0 Å². The summed E-state index contributed by atoms with van der Waals surface area (Å²) in [5, 5.41) is 3.59. The molecule has 2 amide bonds. The molecule has 0 aromatic heterocycles. The van der Waals surface area contributed by atoms with Gasteiger partial charge in [-0.3, -0.25) is 9.59 Å². The molecule has 5 nitrogen and oxygen atoms in total. The van der Waals surface area contributed by atoms with Crippen LogP contribution >= 0.6 is 11.6 Å². The van der Waals surface area contributed by atoms with Crippen LogP contribution in [0.3, 0.4) is 0 Å². The number of nitrogens with one attached hydrogen (secondary N) is 1. The van der Waals surface area contributed by atoms with Crippen LogP contribution in [0, 0.1) is 6.92 Å². The molecule has 0 unspecified atom stereocenters. The molecule has 6 heteroatoms. The summed E-state index contributed by atoms with van der Waals surface area (Å²) in [7, 11) is 0. The molecule has 0 radical (unpaired) electrons. The van der Waals surface area contributed by atoms with Crippen LogP contribution in [0.5, 0.6) is 5.75 Å². The summed E-state index contributed by atoms with van der Waals surface area (Å²) >= 11 is 6.45. The number of hydrogen-bond donors (Lipinski definition) is 1. The molecule has 0 aliphatic heterocycles. The predicted molar refractivity (Wildman–Crippen MR) is 141 cm³/mol. The first-order valence-corrected chi connectivity index (χ1v) is 12.1.